The summed E-state index contributed by atoms with van der Waals surface area (Å²) < 4.78 is 2.42. The Hall–Kier alpha value is -0.700. The third kappa shape index (κ3) is 3.49. The van der Waals surface area contributed by atoms with Crippen molar-refractivity contribution in [2.24, 2.45) is 0 Å². The first-order valence-corrected chi connectivity index (χ1v) is 2.88. The van der Waals surface area contributed by atoms with E-state index in [1.54, 1.807) is 0 Å². The molecule has 0 unspecified atom stereocenters. The smallest absolute Gasteiger partial charge is 0.253 e. The molecule has 0 aromatic heterocycles. The van der Waals surface area contributed by atoms with Crippen molar-refractivity contribution in [3.05, 3.63) is 24.6 Å². The summed E-state index contributed by atoms with van der Waals surface area (Å²) in [6, 6.07) is 0. The van der Waals surface area contributed by atoms with E-state index >= 15 is 0 Å². The highest BCUT2D eigenvalue weighted by Crippen LogP contribution is 1.90. The predicted octanol–water partition coefficient (Wildman–Crippen LogP) is 1.08. The number of hydrogen-bond acceptors (Lipinski definition) is 2. The normalized spacial score (nSPS) is 7.50. The first-order chi connectivity index (χ1) is 3.81. The van der Waals surface area contributed by atoms with Crippen LogP contribution >= 0.6 is 11.9 Å². The highest BCUT2D eigenvalue weighted by atomic mass is 32.2. The molecule has 0 saturated heterocycles. The van der Waals surface area contributed by atoms with Gasteiger partial charge in [0.15, 0.2) is 0 Å². The molecule has 0 spiro atoms. The van der Waals surface area contributed by atoms with Crippen molar-refractivity contribution >= 4 is 17.9 Å². The van der Waals surface area contributed by atoms with Crippen LogP contribution in [0.25, 0.3) is 0 Å². The van der Waals surface area contributed by atoms with Gasteiger partial charge in [-0.15, -0.1) is 0 Å². The van der Waals surface area contributed by atoms with Crippen LogP contribution in [0.4, 0.5) is 0 Å². The maximum Gasteiger partial charge on any atom is 0.253 e. The summed E-state index contributed by atoms with van der Waals surface area (Å²) in [6.07, 6.45) is 1.20. The van der Waals surface area contributed by atoms with Gasteiger partial charge in [-0.25, -0.2) is 0 Å². The van der Waals surface area contributed by atoms with Gasteiger partial charge in [0.05, 0.1) is 0 Å². The molecule has 2 nitrogen and oxygen atoms in total. The minimum atomic E-state index is -0.199. The molecule has 0 bridgehead atoms. The average Bonchev–Trinajstić information content (AvgIpc) is 1.83. The second kappa shape index (κ2) is 4.46. The van der Waals surface area contributed by atoms with E-state index in [0.29, 0.717) is 0 Å². The molecule has 0 fully saturated rings. The van der Waals surface area contributed by atoms with Gasteiger partial charge in [0.2, 0.25) is 0 Å². The van der Waals surface area contributed by atoms with Crippen LogP contribution in [0.1, 0.15) is 0 Å². The van der Waals surface area contributed by atoms with Crippen LogP contribution in [0.3, 0.4) is 0 Å². The fraction of sp³-hybridized carbons (Fsp3) is 0. The minimum Gasteiger partial charge on any atom is -0.293 e. The summed E-state index contributed by atoms with van der Waals surface area (Å²) in [6.45, 7) is 6.63. The SMILES string of the molecule is C=CSNC(=O)C=C. The highest BCUT2D eigenvalue weighted by molar-refractivity contribution is 8.00. The topological polar surface area (TPSA) is 29.1 Å². The molecular formula is C5H7NOS. The second-order valence-electron chi connectivity index (χ2n) is 0.955. The van der Waals surface area contributed by atoms with Crippen LogP contribution in [0.2, 0.25) is 0 Å². The molecule has 3 heteroatoms. The van der Waals surface area contributed by atoms with Crippen molar-refractivity contribution in [3.8, 4) is 0 Å². The number of amides is 1. The molecule has 0 rings (SSSR count). The Morgan fingerprint density at radius 3 is 2.62 bits per heavy atom. The van der Waals surface area contributed by atoms with Crippen LogP contribution in [0.5, 0.6) is 0 Å². The van der Waals surface area contributed by atoms with E-state index in [1.807, 2.05) is 0 Å². The van der Waals surface area contributed by atoms with Crippen molar-refractivity contribution in [1.82, 2.24) is 4.72 Å². The van der Waals surface area contributed by atoms with Gasteiger partial charge in [-0.05, 0) is 23.4 Å². The molecule has 0 aliphatic carbocycles. The maximum absolute atomic E-state index is 10.3. The number of nitrogens with one attached hydrogen (secondary N) is 1. The van der Waals surface area contributed by atoms with Crippen LogP contribution in [0, 0.1) is 0 Å². The quantitative estimate of drug-likeness (QED) is 0.456. The lowest BCUT2D eigenvalue weighted by molar-refractivity contribution is -0.114. The lowest BCUT2D eigenvalue weighted by Crippen LogP contribution is -2.09. The van der Waals surface area contributed by atoms with E-state index < -0.39 is 0 Å². The van der Waals surface area contributed by atoms with Gasteiger partial charge < -0.3 is 0 Å². The molecule has 0 aromatic carbocycles. The summed E-state index contributed by atoms with van der Waals surface area (Å²) in [5.41, 5.74) is 0. The zero-order valence-corrected chi connectivity index (χ0v) is 5.20. The molecule has 0 aliphatic rings. The fourth-order valence-corrected chi connectivity index (χ4v) is 0.424. The van der Waals surface area contributed by atoms with Gasteiger partial charge in [0, 0.05) is 0 Å². The first kappa shape index (κ1) is 7.30. The molecule has 44 valence electrons. The van der Waals surface area contributed by atoms with Crippen molar-refractivity contribution < 1.29 is 4.79 Å². The number of carbonyl (C=O) groups is 1. The third-order valence-electron chi connectivity index (χ3n) is 0.428. The monoisotopic (exact) mass is 129 g/mol. The number of rotatable bonds is 3. The summed E-state index contributed by atoms with van der Waals surface area (Å²) in [5, 5.41) is 1.53. The fourth-order valence-electron chi connectivity index (χ4n) is 0.141. The number of hydrogen-bond donors (Lipinski definition) is 1. The van der Waals surface area contributed by atoms with Gasteiger partial charge in [0.1, 0.15) is 0 Å². The van der Waals surface area contributed by atoms with Crippen molar-refractivity contribution in [3.63, 3.8) is 0 Å². The van der Waals surface area contributed by atoms with Gasteiger partial charge in [-0.3, -0.25) is 9.52 Å². The molecule has 0 atom stereocenters. The van der Waals surface area contributed by atoms with Crippen LogP contribution in [-0.4, -0.2) is 5.91 Å². The lowest BCUT2D eigenvalue weighted by atomic mass is 10.6. The molecule has 1 N–H and O–H groups in total. The Morgan fingerprint density at radius 2 is 2.25 bits per heavy atom. The van der Waals surface area contributed by atoms with E-state index in [1.165, 1.54) is 11.5 Å². The second-order valence-corrected chi connectivity index (χ2v) is 1.73. The minimum absolute atomic E-state index is 0.199. The molecule has 0 radical (unpaired) electrons. The average molecular weight is 129 g/mol. The maximum atomic E-state index is 10.3. The van der Waals surface area contributed by atoms with E-state index in [9.17, 15) is 4.79 Å². The highest BCUT2D eigenvalue weighted by Gasteiger charge is 1.86. The first-order valence-electron chi connectivity index (χ1n) is 2.00. The van der Waals surface area contributed by atoms with Gasteiger partial charge in [0.25, 0.3) is 5.91 Å². The zero-order valence-electron chi connectivity index (χ0n) is 4.39. The Kier molecular flexibility index (Phi) is 4.07. The van der Waals surface area contributed by atoms with Crippen LogP contribution < -0.4 is 4.72 Å². The van der Waals surface area contributed by atoms with Gasteiger partial charge in [-0.2, -0.15) is 0 Å². The molecule has 1 amide bonds. The Morgan fingerprint density at radius 1 is 1.62 bits per heavy atom. The van der Waals surface area contributed by atoms with Gasteiger partial charge in [-0.1, -0.05) is 13.2 Å². The summed E-state index contributed by atoms with van der Waals surface area (Å²) >= 11 is 1.13. The van der Waals surface area contributed by atoms with E-state index in [0.717, 1.165) is 11.9 Å². The molecule has 0 aliphatic heterocycles. The number of carbonyl (C=O) groups excluding carboxylic acids is 1. The zero-order chi connectivity index (χ0) is 6.41. The van der Waals surface area contributed by atoms with Gasteiger partial charge >= 0.3 is 0 Å². The summed E-state index contributed by atoms with van der Waals surface area (Å²) in [7, 11) is 0. The molecule has 8 heavy (non-hydrogen) atoms. The largest absolute Gasteiger partial charge is 0.293 e. The van der Waals surface area contributed by atoms with Crippen molar-refractivity contribution in [2.75, 3.05) is 0 Å². The summed E-state index contributed by atoms with van der Waals surface area (Å²) in [4.78, 5) is 10.3. The molecule has 0 saturated carbocycles. The van der Waals surface area contributed by atoms with Crippen LogP contribution in [0.15, 0.2) is 24.6 Å². The lowest BCUT2D eigenvalue weighted by Gasteiger charge is -1.90. The molecule has 0 heterocycles. The third-order valence-corrected chi connectivity index (χ3v) is 0.914. The van der Waals surface area contributed by atoms with Crippen molar-refractivity contribution in [2.45, 2.75) is 0 Å². The molecule has 0 aromatic rings. The van der Waals surface area contributed by atoms with E-state index in [-0.39, 0.29) is 5.91 Å². The predicted molar refractivity (Wildman–Crippen MR) is 36.1 cm³/mol. The summed E-state index contributed by atoms with van der Waals surface area (Å²) in [5.74, 6) is -0.199. The Labute approximate surface area is 52.8 Å². The van der Waals surface area contributed by atoms with Crippen LogP contribution in [-0.2, 0) is 4.79 Å². The van der Waals surface area contributed by atoms with E-state index in [4.69, 9.17) is 0 Å². The Bertz CT molecular complexity index is 111. The molecular weight excluding hydrogens is 122 g/mol. The Balaban J connectivity index is 3.24. The standard InChI is InChI=1S/C5H7NOS/c1-3-5(7)6-8-4-2/h3-4H,1-2H2,(H,6,7). The van der Waals surface area contributed by atoms with E-state index in [2.05, 4.69) is 17.9 Å². The van der Waals surface area contributed by atoms with Crippen molar-refractivity contribution in [1.29, 1.82) is 0 Å².